The predicted molar refractivity (Wildman–Crippen MR) is 55.9 cm³/mol. The molecule has 1 aromatic rings. The van der Waals surface area contributed by atoms with Gasteiger partial charge in [-0.25, -0.2) is 0 Å². The Bertz CT molecular complexity index is 355. The Kier molecular flexibility index (Phi) is 7.85. The van der Waals surface area contributed by atoms with Crippen molar-refractivity contribution in [1.82, 2.24) is 0 Å². The zero-order valence-corrected chi connectivity index (χ0v) is 12.2. The van der Waals surface area contributed by atoms with Crippen LogP contribution < -0.4 is 39.4 Å². The molecule has 0 aliphatic carbocycles. The molecule has 82 valence electrons. The number of ether oxygens (including phenoxy) is 1. The Labute approximate surface area is 122 Å². The van der Waals surface area contributed by atoms with Crippen molar-refractivity contribution in [1.29, 1.82) is 0 Å². The van der Waals surface area contributed by atoms with Gasteiger partial charge in [0.05, 0.1) is 6.61 Å². The number of hydrogen-bond acceptors (Lipinski definition) is 3. The third kappa shape index (κ3) is 5.75. The minimum atomic E-state index is -1.05. The summed E-state index contributed by atoms with van der Waals surface area (Å²) in [6.07, 6.45) is 0.452. The summed E-state index contributed by atoms with van der Waals surface area (Å²) in [7, 11) is 0. The molecule has 0 heterocycles. The van der Waals surface area contributed by atoms with Crippen LogP contribution in [0, 0.1) is 6.92 Å². The quantitative estimate of drug-likeness (QED) is 0.475. The molecule has 3 nitrogen and oxygen atoms in total. The molecule has 5 heteroatoms. The maximum Gasteiger partial charge on any atom is 1.00 e. The number of carbonyl (C=O) groups excluding carboxylic acids is 1. The summed E-state index contributed by atoms with van der Waals surface area (Å²) in [4.78, 5) is 10.1. The van der Waals surface area contributed by atoms with Gasteiger partial charge in [0.25, 0.3) is 0 Å². The third-order valence-corrected chi connectivity index (χ3v) is 2.17. The van der Waals surface area contributed by atoms with Gasteiger partial charge in [-0.05, 0) is 37.5 Å². The van der Waals surface area contributed by atoms with Gasteiger partial charge in [0, 0.05) is 11.0 Å². The van der Waals surface area contributed by atoms with E-state index in [0.29, 0.717) is 23.8 Å². The van der Waals surface area contributed by atoms with Crippen LogP contribution in [-0.2, 0) is 4.79 Å². The number of carbonyl (C=O) groups is 1. The molecule has 0 saturated carbocycles. The molecule has 0 aliphatic rings. The molecule has 0 spiro atoms. The van der Waals surface area contributed by atoms with Crippen molar-refractivity contribution in [3.05, 3.63) is 28.8 Å². The minimum absolute atomic E-state index is 0. The van der Waals surface area contributed by atoms with Crippen LogP contribution >= 0.6 is 11.6 Å². The van der Waals surface area contributed by atoms with E-state index in [4.69, 9.17) is 16.3 Å². The molecule has 1 aromatic carbocycles. The van der Waals surface area contributed by atoms with E-state index in [0.717, 1.165) is 5.56 Å². The topological polar surface area (TPSA) is 49.4 Å². The zero-order valence-electron chi connectivity index (χ0n) is 9.46. The summed E-state index contributed by atoms with van der Waals surface area (Å²) in [6.45, 7) is 2.26. The second-order valence-electron chi connectivity index (χ2n) is 3.23. The number of aryl methyl sites for hydroxylation is 1. The molecule has 1 rings (SSSR count). The van der Waals surface area contributed by atoms with Crippen LogP contribution in [0.2, 0.25) is 5.02 Å². The van der Waals surface area contributed by atoms with Crippen molar-refractivity contribution in [2.45, 2.75) is 19.8 Å². The summed E-state index contributed by atoms with van der Waals surface area (Å²) in [5.74, 6) is -0.359. The van der Waals surface area contributed by atoms with Crippen LogP contribution in [0.25, 0.3) is 0 Å². The van der Waals surface area contributed by atoms with Gasteiger partial charge in [0.2, 0.25) is 0 Å². The van der Waals surface area contributed by atoms with Crippen molar-refractivity contribution in [3.63, 3.8) is 0 Å². The summed E-state index contributed by atoms with van der Waals surface area (Å²) in [5.41, 5.74) is 0.979. The second kappa shape index (κ2) is 7.96. The molecule has 0 atom stereocenters. The standard InChI is InChI=1S/C11H13ClO3.Na/c1-8-4-5-9(12)7-10(8)15-6-2-3-11(13)14;/h4-5,7H,2-3,6H2,1H3,(H,13,14);/q;+1/p-1. The zero-order chi connectivity index (χ0) is 11.3. The van der Waals surface area contributed by atoms with E-state index < -0.39 is 5.97 Å². The fourth-order valence-corrected chi connectivity index (χ4v) is 1.29. The molecule has 0 radical (unpaired) electrons. The van der Waals surface area contributed by atoms with Crippen molar-refractivity contribution in [3.8, 4) is 5.75 Å². The van der Waals surface area contributed by atoms with E-state index in [-0.39, 0.29) is 36.0 Å². The number of carboxylic acids is 1. The second-order valence-corrected chi connectivity index (χ2v) is 3.67. The number of hydrogen-bond donors (Lipinski definition) is 0. The van der Waals surface area contributed by atoms with Gasteiger partial charge >= 0.3 is 29.6 Å². The van der Waals surface area contributed by atoms with E-state index in [1.54, 1.807) is 12.1 Å². The van der Waals surface area contributed by atoms with Crippen LogP contribution in [0.3, 0.4) is 0 Å². The minimum Gasteiger partial charge on any atom is -0.550 e. The van der Waals surface area contributed by atoms with E-state index in [2.05, 4.69) is 0 Å². The molecular weight excluding hydrogens is 239 g/mol. The van der Waals surface area contributed by atoms with Crippen LogP contribution in [0.1, 0.15) is 18.4 Å². The third-order valence-electron chi connectivity index (χ3n) is 1.93. The first kappa shape index (κ1) is 15.8. The van der Waals surface area contributed by atoms with Gasteiger partial charge in [-0.3, -0.25) is 0 Å². The van der Waals surface area contributed by atoms with E-state index in [1.807, 2.05) is 13.0 Å². The summed E-state index contributed by atoms with van der Waals surface area (Å²) < 4.78 is 5.39. The SMILES string of the molecule is Cc1ccc(Cl)cc1OCCCC(=O)[O-].[Na+]. The molecule has 0 amide bonds. The van der Waals surface area contributed by atoms with E-state index in [1.165, 1.54) is 0 Å². The smallest absolute Gasteiger partial charge is 0.550 e. The monoisotopic (exact) mass is 250 g/mol. The number of benzene rings is 1. The number of rotatable bonds is 5. The predicted octanol–water partition coefficient (Wildman–Crippen LogP) is -1.44. The van der Waals surface area contributed by atoms with Gasteiger partial charge in [-0.2, -0.15) is 0 Å². The molecular formula is C11H12ClNaO3. The molecule has 0 aromatic heterocycles. The number of aliphatic carboxylic acids is 1. The van der Waals surface area contributed by atoms with Gasteiger partial charge < -0.3 is 14.6 Å². The van der Waals surface area contributed by atoms with Crippen molar-refractivity contribution in [2.75, 3.05) is 6.61 Å². The first-order valence-electron chi connectivity index (χ1n) is 4.68. The fraction of sp³-hybridized carbons (Fsp3) is 0.364. The van der Waals surface area contributed by atoms with Crippen molar-refractivity contribution in [2.24, 2.45) is 0 Å². The van der Waals surface area contributed by atoms with Crippen LogP contribution in [0.15, 0.2) is 18.2 Å². The van der Waals surface area contributed by atoms with Gasteiger partial charge in [0.1, 0.15) is 5.75 Å². The number of carboxylic acid groups (broad SMARTS) is 1. The first-order chi connectivity index (χ1) is 7.09. The van der Waals surface area contributed by atoms with Crippen LogP contribution in [0.4, 0.5) is 0 Å². The fourth-order valence-electron chi connectivity index (χ4n) is 1.13. The maximum absolute atomic E-state index is 10.1. The molecule has 0 aliphatic heterocycles. The first-order valence-corrected chi connectivity index (χ1v) is 5.06. The Morgan fingerprint density at radius 3 is 2.81 bits per heavy atom. The van der Waals surface area contributed by atoms with Gasteiger partial charge in [-0.15, -0.1) is 0 Å². The molecule has 0 unspecified atom stereocenters. The van der Waals surface area contributed by atoms with E-state index in [9.17, 15) is 9.90 Å². The van der Waals surface area contributed by atoms with Crippen LogP contribution in [0.5, 0.6) is 5.75 Å². The van der Waals surface area contributed by atoms with Crippen molar-refractivity contribution >= 4 is 17.6 Å². The average Bonchev–Trinajstić information content (AvgIpc) is 2.17. The van der Waals surface area contributed by atoms with Gasteiger partial charge in [-0.1, -0.05) is 17.7 Å². The van der Waals surface area contributed by atoms with Crippen molar-refractivity contribution < 1.29 is 44.2 Å². The Hall–Kier alpha value is -0.220. The normalized spacial score (nSPS) is 9.38. The van der Waals surface area contributed by atoms with E-state index >= 15 is 0 Å². The summed E-state index contributed by atoms with van der Waals surface area (Å²) >= 11 is 5.80. The van der Waals surface area contributed by atoms with Crippen LogP contribution in [-0.4, -0.2) is 12.6 Å². The Morgan fingerprint density at radius 2 is 2.19 bits per heavy atom. The Morgan fingerprint density at radius 1 is 1.50 bits per heavy atom. The number of halogens is 1. The summed E-state index contributed by atoms with van der Waals surface area (Å²) in [6, 6.07) is 5.36. The molecule has 0 fully saturated rings. The molecule has 16 heavy (non-hydrogen) atoms. The summed E-state index contributed by atoms with van der Waals surface area (Å²) in [5, 5.41) is 10.8. The Balaban J connectivity index is 0.00000225. The largest absolute Gasteiger partial charge is 1.00 e. The van der Waals surface area contributed by atoms with Gasteiger partial charge in [0.15, 0.2) is 0 Å². The molecule has 0 saturated heterocycles. The molecule has 0 N–H and O–H groups in total. The maximum atomic E-state index is 10.1. The molecule has 0 bridgehead atoms. The average molecular weight is 251 g/mol.